The molecule has 3 N–H and O–H groups in total. The number of aliphatic hydroxyl groups excluding tert-OH is 2. The molecule has 0 saturated heterocycles. The highest BCUT2D eigenvalue weighted by Crippen LogP contribution is 2.32. The minimum Gasteiger partial charge on any atom is -0.390 e. The van der Waals surface area contributed by atoms with Crippen LogP contribution in [0.2, 0.25) is 0 Å². The number of H-pyrrole nitrogens is 1. The quantitative estimate of drug-likeness (QED) is 0.774. The first-order valence-corrected chi connectivity index (χ1v) is 9.13. The van der Waals surface area contributed by atoms with E-state index < -0.39 is 12.2 Å². The third-order valence-corrected chi connectivity index (χ3v) is 5.31. The molecule has 1 aromatic heterocycles. The fraction of sp³-hybridized carbons (Fsp3) is 0.444. The van der Waals surface area contributed by atoms with Crippen LogP contribution in [-0.2, 0) is 11.2 Å². The van der Waals surface area contributed by atoms with Gasteiger partial charge in [0.1, 0.15) is 6.10 Å². The highest BCUT2D eigenvalue weighted by molar-refractivity contribution is 8.13. The highest BCUT2D eigenvalue weighted by Gasteiger charge is 2.24. The van der Waals surface area contributed by atoms with Crippen LogP contribution in [0.4, 0.5) is 0 Å². The van der Waals surface area contributed by atoms with Crippen molar-refractivity contribution in [3.8, 4) is 0 Å². The number of aliphatic hydroxyl groups is 2. The summed E-state index contributed by atoms with van der Waals surface area (Å²) < 4.78 is 0. The number of carbonyl (C=O) groups excluding carboxylic acids is 2. The topological polar surface area (TPSA) is 90.4 Å². The third-order valence-electron chi connectivity index (χ3n) is 4.46. The van der Waals surface area contributed by atoms with E-state index in [2.05, 4.69) is 4.98 Å². The second-order valence-corrected chi connectivity index (χ2v) is 7.47. The molecule has 0 bridgehead atoms. The summed E-state index contributed by atoms with van der Waals surface area (Å²) in [6.45, 7) is 1.48. The van der Waals surface area contributed by atoms with Gasteiger partial charge in [-0.1, -0.05) is 17.8 Å². The van der Waals surface area contributed by atoms with E-state index >= 15 is 0 Å². The fourth-order valence-electron chi connectivity index (χ4n) is 3.20. The predicted octanol–water partition coefficient (Wildman–Crippen LogP) is 2.75. The molecular formula is C18H21NO4S. The Labute approximate surface area is 144 Å². The summed E-state index contributed by atoms with van der Waals surface area (Å²) in [6, 6.07) is 5.46. The molecule has 0 aliphatic heterocycles. The number of nitrogens with one attached hydrogen (secondary N) is 1. The van der Waals surface area contributed by atoms with Crippen molar-refractivity contribution < 1.29 is 19.8 Å². The minimum absolute atomic E-state index is 0.00160. The molecule has 2 unspecified atom stereocenters. The molecule has 0 amide bonds. The van der Waals surface area contributed by atoms with Crippen molar-refractivity contribution in [1.29, 1.82) is 0 Å². The number of aromatic amines is 1. The van der Waals surface area contributed by atoms with Crippen molar-refractivity contribution in [3.05, 3.63) is 35.0 Å². The summed E-state index contributed by atoms with van der Waals surface area (Å²) in [5.74, 6) is 0.611. The van der Waals surface area contributed by atoms with E-state index in [0.717, 1.165) is 41.1 Å². The Bertz CT molecular complexity index is 783. The Morgan fingerprint density at radius 2 is 2.12 bits per heavy atom. The Kier molecular flexibility index (Phi) is 5.08. The summed E-state index contributed by atoms with van der Waals surface area (Å²) in [5, 5.41) is 21.5. The van der Waals surface area contributed by atoms with Crippen molar-refractivity contribution in [1.82, 2.24) is 4.98 Å². The largest absolute Gasteiger partial charge is 0.390 e. The number of ketones is 1. The van der Waals surface area contributed by atoms with Crippen LogP contribution in [0.1, 0.15) is 53.9 Å². The number of hydrogen-bond donors (Lipinski definition) is 3. The number of Topliss-reactive ketones (excluding diaryl/α,β-unsaturated/α-hetero) is 1. The summed E-state index contributed by atoms with van der Waals surface area (Å²) >= 11 is 1.14. The van der Waals surface area contributed by atoms with Crippen LogP contribution < -0.4 is 0 Å². The smallest absolute Gasteiger partial charge is 0.185 e. The van der Waals surface area contributed by atoms with Crippen LogP contribution >= 0.6 is 11.8 Å². The molecule has 2 aromatic rings. The summed E-state index contributed by atoms with van der Waals surface area (Å²) in [5.41, 5.74) is 3.20. The first-order valence-electron chi connectivity index (χ1n) is 8.14. The van der Waals surface area contributed by atoms with E-state index in [0.29, 0.717) is 29.9 Å². The van der Waals surface area contributed by atoms with E-state index in [1.54, 1.807) is 6.07 Å². The second-order valence-electron chi connectivity index (χ2n) is 6.20. The maximum Gasteiger partial charge on any atom is 0.185 e. The van der Waals surface area contributed by atoms with Crippen molar-refractivity contribution in [3.63, 3.8) is 0 Å². The van der Waals surface area contributed by atoms with Crippen molar-refractivity contribution >= 4 is 33.6 Å². The van der Waals surface area contributed by atoms with Gasteiger partial charge in [0.25, 0.3) is 0 Å². The molecule has 24 heavy (non-hydrogen) atoms. The van der Waals surface area contributed by atoms with Crippen LogP contribution in [0.25, 0.3) is 10.9 Å². The fourth-order valence-corrected chi connectivity index (χ4v) is 3.85. The SMILES string of the molecule is CC(=O)SCCC(O)C(O)c1ccc2[nH]c3c(c2c1)CCCC3=O. The average molecular weight is 347 g/mol. The number of thioether (sulfide) groups is 1. The molecule has 0 spiro atoms. The van der Waals surface area contributed by atoms with Gasteiger partial charge in [-0.05, 0) is 42.5 Å². The van der Waals surface area contributed by atoms with E-state index in [1.165, 1.54) is 6.92 Å². The molecule has 2 atom stereocenters. The number of aryl methyl sites for hydroxylation is 1. The zero-order chi connectivity index (χ0) is 17.3. The predicted molar refractivity (Wildman–Crippen MR) is 94.3 cm³/mol. The zero-order valence-corrected chi connectivity index (χ0v) is 14.4. The summed E-state index contributed by atoms with van der Waals surface area (Å²) in [7, 11) is 0. The normalized spacial score (nSPS) is 16.9. The molecule has 128 valence electrons. The lowest BCUT2D eigenvalue weighted by Gasteiger charge is -2.18. The molecule has 0 saturated carbocycles. The first-order chi connectivity index (χ1) is 11.5. The van der Waals surface area contributed by atoms with Crippen molar-refractivity contribution in [2.45, 2.75) is 44.8 Å². The molecular weight excluding hydrogens is 326 g/mol. The Balaban J connectivity index is 1.82. The number of aromatic nitrogens is 1. The van der Waals surface area contributed by atoms with Crippen LogP contribution in [0, 0.1) is 0 Å². The molecule has 1 heterocycles. The van der Waals surface area contributed by atoms with Crippen LogP contribution in [-0.4, -0.2) is 38.0 Å². The standard InChI is InChI=1S/C18H21NO4S/c1-10(20)24-8-7-16(22)18(23)11-5-6-14-13(9-11)12-3-2-4-15(21)17(12)19-14/h5-6,9,16,18-19,22-23H,2-4,7-8H2,1H3. The maximum absolute atomic E-state index is 12.0. The molecule has 6 heteroatoms. The average Bonchev–Trinajstić information content (AvgIpc) is 2.93. The van der Waals surface area contributed by atoms with Crippen LogP contribution in [0.15, 0.2) is 18.2 Å². The molecule has 3 rings (SSSR count). The van der Waals surface area contributed by atoms with Gasteiger partial charge in [-0.3, -0.25) is 9.59 Å². The lowest BCUT2D eigenvalue weighted by molar-refractivity contribution is -0.109. The molecule has 0 fully saturated rings. The summed E-state index contributed by atoms with van der Waals surface area (Å²) in [6.07, 6.45) is 0.668. The number of benzene rings is 1. The third kappa shape index (κ3) is 3.41. The van der Waals surface area contributed by atoms with Crippen molar-refractivity contribution in [2.75, 3.05) is 5.75 Å². The lowest BCUT2D eigenvalue weighted by atomic mass is 9.93. The molecule has 1 aliphatic rings. The first kappa shape index (κ1) is 17.2. The number of hydrogen-bond acceptors (Lipinski definition) is 5. The van der Waals surface area contributed by atoms with E-state index in [4.69, 9.17) is 0 Å². The highest BCUT2D eigenvalue weighted by atomic mass is 32.2. The van der Waals surface area contributed by atoms with Crippen LogP contribution in [0.5, 0.6) is 0 Å². The van der Waals surface area contributed by atoms with E-state index in [-0.39, 0.29) is 10.9 Å². The van der Waals surface area contributed by atoms with Gasteiger partial charge in [0, 0.05) is 30.0 Å². The molecule has 1 aromatic carbocycles. The summed E-state index contributed by atoms with van der Waals surface area (Å²) in [4.78, 5) is 26.1. The Hall–Kier alpha value is -1.63. The number of rotatable bonds is 5. The van der Waals surface area contributed by atoms with Gasteiger partial charge in [-0.2, -0.15) is 0 Å². The van der Waals surface area contributed by atoms with Gasteiger partial charge in [-0.25, -0.2) is 0 Å². The van der Waals surface area contributed by atoms with Gasteiger partial charge in [0.05, 0.1) is 11.8 Å². The van der Waals surface area contributed by atoms with E-state index in [1.807, 2.05) is 12.1 Å². The number of carbonyl (C=O) groups is 2. The Morgan fingerprint density at radius 3 is 2.88 bits per heavy atom. The molecule has 1 aliphatic carbocycles. The lowest BCUT2D eigenvalue weighted by Crippen LogP contribution is -2.19. The second kappa shape index (κ2) is 7.09. The van der Waals surface area contributed by atoms with E-state index in [9.17, 15) is 19.8 Å². The van der Waals surface area contributed by atoms with Gasteiger partial charge < -0.3 is 15.2 Å². The van der Waals surface area contributed by atoms with Crippen molar-refractivity contribution in [2.24, 2.45) is 0 Å². The van der Waals surface area contributed by atoms with Gasteiger partial charge >= 0.3 is 0 Å². The maximum atomic E-state index is 12.0. The van der Waals surface area contributed by atoms with Gasteiger partial charge in [0.2, 0.25) is 0 Å². The monoisotopic (exact) mass is 347 g/mol. The molecule has 0 radical (unpaired) electrons. The van der Waals surface area contributed by atoms with Crippen LogP contribution in [0.3, 0.4) is 0 Å². The Morgan fingerprint density at radius 1 is 1.33 bits per heavy atom. The van der Waals surface area contributed by atoms with Gasteiger partial charge in [-0.15, -0.1) is 0 Å². The molecule has 5 nitrogen and oxygen atoms in total. The van der Waals surface area contributed by atoms with Gasteiger partial charge in [0.15, 0.2) is 10.9 Å². The zero-order valence-electron chi connectivity index (χ0n) is 13.5. The minimum atomic E-state index is -1.01. The number of fused-ring (bicyclic) bond motifs is 3.